The maximum Gasteiger partial charge on any atom is 0.319 e. The minimum atomic E-state index is -0.958. The SMILES string of the molecule is CN1C2CC(OC(=O)C3(c4ccccc4)CCCC[C@H]3O)CC1C(O)C2. The number of nitrogens with zero attached hydrogens (tertiary/aromatic N) is 1. The first-order valence-electron chi connectivity index (χ1n) is 9.87. The molecule has 1 aromatic carbocycles. The molecule has 2 saturated heterocycles. The molecule has 2 N–H and O–H groups in total. The van der Waals surface area contributed by atoms with Crippen LogP contribution in [0.5, 0.6) is 0 Å². The van der Waals surface area contributed by atoms with Crippen LogP contribution in [-0.2, 0) is 14.9 Å². The number of fused-ring (bicyclic) bond motifs is 2. The average Bonchev–Trinajstić information content (AvgIpc) is 2.80. The van der Waals surface area contributed by atoms with Crippen LogP contribution < -0.4 is 0 Å². The Bertz CT molecular complexity index is 651. The zero-order valence-corrected chi connectivity index (χ0v) is 15.4. The van der Waals surface area contributed by atoms with Crippen molar-refractivity contribution in [1.29, 1.82) is 0 Å². The molecule has 4 rings (SSSR count). The molecule has 3 fully saturated rings. The van der Waals surface area contributed by atoms with Crippen molar-refractivity contribution in [1.82, 2.24) is 4.90 Å². The van der Waals surface area contributed by atoms with Crippen LogP contribution in [0.2, 0.25) is 0 Å². The quantitative estimate of drug-likeness (QED) is 0.808. The molecule has 2 aliphatic heterocycles. The molecular weight excluding hydrogens is 330 g/mol. The second-order valence-electron chi connectivity index (χ2n) is 8.29. The second-order valence-corrected chi connectivity index (χ2v) is 8.29. The predicted octanol–water partition coefficient (Wildman–Crippen LogP) is 2.00. The van der Waals surface area contributed by atoms with E-state index in [0.717, 1.165) is 31.2 Å². The van der Waals surface area contributed by atoms with Gasteiger partial charge in [-0.15, -0.1) is 0 Å². The lowest BCUT2D eigenvalue weighted by Gasteiger charge is -2.42. The third-order valence-electron chi connectivity index (χ3n) is 6.89. The summed E-state index contributed by atoms with van der Waals surface area (Å²) in [7, 11) is 2.04. The number of piperidine rings is 1. The number of esters is 1. The lowest BCUT2D eigenvalue weighted by atomic mass is 9.67. The summed E-state index contributed by atoms with van der Waals surface area (Å²) in [5.74, 6) is -0.292. The van der Waals surface area contributed by atoms with E-state index in [9.17, 15) is 15.0 Å². The Morgan fingerprint density at radius 1 is 1.15 bits per heavy atom. The first-order chi connectivity index (χ1) is 12.5. The van der Waals surface area contributed by atoms with Gasteiger partial charge < -0.3 is 14.9 Å². The lowest BCUT2D eigenvalue weighted by molar-refractivity contribution is -0.167. The number of benzene rings is 1. The summed E-state index contributed by atoms with van der Waals surface area (Å²) in [6.45, 7) is 0. The van der Waals surface area contributed by atoms with Crippen molar-refractivity contribution in [2.24, 2.45) is 0 Å². The number of aliphatic hydroxyl groups excluding tert-OH is 2. The second kappa shape index (κ2) is 6.95. The third kappa shape index (κ3) is 2.86. The summed E-state index contributed by atoms with van der Waals surface area (Å²) in [6.07, 6.45) is 4.06. The fourth-order valence-corrected chi connectivity index (χ4v) is 5.33. The molecule has 5 unspecified atom stereocenters. The molecule has 5 heteroatoms. The molecule has 2 bridgehead atoms. The first kappa shape index (κ1) is 18.0. The van der Waals surface area contributed by atoms with E-state index in [-0.39, 0.29) is 30.3 Å². The Balaban J connectivity index is 1.56. The molecular formula is C21H29NO4. The summed E-state index contributed by atoms with van der Waals surface area (Å²) >= 11 is 0. The van der Waals surface area contributed by atoms with E-state index in [4.69, 9.17) is 4.74 Å². The van der Waals surface area contributed by atoms with E-state index in [0.29, 0.717) is 19.3 Å². The standard InChI is InChI=1S/C21H29NO4/c1-22-15-11-16(13-17(22)18(23)12-15)26-20(25)21(10-6-5-9-19(21)24)14-7-3-2-4-8-14/h2-4,7-8,15-19,23-24H,5-6,9-13H2,1H3/t15?,16?,17?,18?,19-,21?/m1/s1. The molecule has 26 heavy (non-hydrogen) atoms. The number of aliphatic hydroxyl groups is 2. The predicted molar refractivity (Wildman–Crippen MR) is 97.7 cm³/mol. The van der Waals surface area contributed by atoms with Gasteiger partial charge in [0, 0.05) is 24.9 Å². The van der Waals surface area contributed by atoms with E-state index in [1.807, 2.05) is 37.4 Å². The van der Waals surface area contributed by atoms with E-state index >= 15 is 0 Å². The van der Waals surface area contributed by atoms with Crippen molar-refractivity contribution in [2.75, 3.05) is 7.05 Å². The van der Waals surface area contributed by atoms with Gasteiger partial charge in [-0.3, -0.25) is 9.69 Å². The molecule has 0 radical (unpaired) electrons. The number of rotatable bonds is 3. The van der Waals surface area contributed by atoms with Gasteiger partial charge in [-0.1, -0.05) is 43.2 Å². The van der Waals surface area contributed by atoms with Gasteiger partial charge in [-0.05, 0) is 31.9 Å². The van der Waals surface area contributed by atoms with Crippen LogP contribution in [0.4, 0.5) is 0 Å². The summed E-state index contributed by atoms with van der Waals surface area (Å²) in [6, 6.07) is 9.94. The molecule has 1 saturated carbocycles. The Kier molecular flexibility index (Phi) is 4.80. The maximum atomic E-state index is 13.3. The van der Waals surface area contributed by atoms with Crippen LogP contribution in [-0.4, -0.2) is 58.5 Å². The number of ether oxygens (including phenoxy) is 1. The van der Waals surface area contributed by atoms with Gasteiger partial charge in [-0.2, -0.15) is 0 Å². The van der Waals surface area contributed by atoms with E-state index in [1.165, 1.54) is 0 Å². The van der Waals surface area contributed by atoms with E-state index in [1.54, 1.807) is 0 Å². The molecule has 0 spiro atoms. The third-order valence-corrected chi connectivity index (χ3v) is 6.89. The Morgan fingerprint density at radius 3 is 2.62 bits per heavy atom. The van der Waals surface area contributed by atoms with Crippen molar-refractivity contribution < 1.29 is 19.7 Å². The number of likely N-dealkylation sites (N-methyl/N-ethyl adjacent to an activating group) is 1. The van der Waals surface area contributed by atoms with Crippen molar-refractivity contribution in [3.8, 4) is 0 Å². The van der Waals surface area contributed by atoms with Crippen LogP contribution >= 0.6 is 0 Å². The van der Waals surface area contributed by atoms with Gasteiger partial charge >= 0.3 is 5.97 Å². The van der Waals surface area contributed by atoms with Gasteiger partial charge in [0.15, 0.2) is 0 Å². The maximum absolute atomic E-state index is 13.3. The number of carbonyl (C=O) groups is 1. The van der Waals surface area contributed by atoms with Crippen LogP contribution in [0.15, 0.2) is 30.3 Å². The molecule has 1 aromatic rings. The van der Waals surface area contributed by atoms with E-state index in [2.05, 4.69) is 4.90 Å². The topological polar surface area (TPSA) is 70.0 Å². The number of hydrogen-bond acceptors (Lipinski definition) is 5. The minimum Gasteiger partial charge on any atom is -0.462 e. The fraction of sp³-hybridized carbons (Fsp3) is 0.667. The highest BCUT2D eigenvalue weighted by molar-refractivity contribution is 5.84. The monoisotopic (exact) mass is 359 g/mol. The Hall–Kier alpha value is -1.43. The van der Waals surface area contributed by atoms with Crippen molar-refractivity contribution in [3.05, 3.63) is 35.9 Å². The Morgan fingerprint density at radius 2 is 1.92 bits per heavy atom. The van der Waals surface area contributed by atoms with Crippen LogP contribution in [0.25, 0.3) is 0 Å². The van der Waals surface area contributed by atoms with Crippen LogP contribution in [0, 0.1) is 0 Å². The molecule has 0 amide bonds. The Labute approximate surface area is 155 Å². The van der Waals surface area contributed by atoms with Gasteiger partial charge in [0.1, 0.15) is 11.5 Å². The first-order valence-corrected chi connectivity index (χ1v) is 9.87. The average molecular weight is 359 g/mol. The summed E-state index contributed by atoms with van der Waals surface area (Å²) in [4.78, 5) is 15.6. The van der Waals surface area contributed by atoms with Crippen LogP contribution in [0.3, 0.4) is 0 Å². The summed E-state index contributed by atoms with van der Waals surface area (Å²) in [5.41, 5.74) is -0.103. The highest BCUT2D eigenvalue weighted by Gasteiger charge is 2.51. The van der Waals surface area contributed by atoms with Gasteiger partial charge in [-0.25, -0.2) is 0 Å². The number of carbonyl (C=O) groups excluding carboxylic acids is 1. The number of hydrogen-bond donors (Lipinski definition) is 2. The molecule has 0 aromatic heterocycles. The molecule has 6 atom stereocenters. The van der Waals surface area contributed by atoms with Gasteiger partial charge in [0.2, 0.25) is 0 Å². The molecule has 142 valence electrons. The van der Waals surface area contributed by atoms with Crippen molar-refractivity contribution in [3.63, 3.8) is 0 Å². The highest BCUT2D eigenvalue weighted by atomic mass is 16.5. The zero-order valence-electron chi connectivity index (χ0n) is 15.4. The largest absolute Gasteiger partial charge is 0.462 e. The molecule has 5 nitrogen and oxygen atoms in total. The molecule has 3 aliphatic rings. The zero-order chi connectivity index (χ0) is 18.3. The van der Waals surface area contributed by atoms with Gasteiger partial charge in [0.25, 0.3) is 0 Å². The highest BCUT2D eigenvalue weighted by Crippen LogP contribution is 2.42. The normalized spacial score (nSPS) is 40.3. The molecule has 1 aliphatic carbocycles. The molecule has 2 heterocycles. The summed E-state index contributed by atoms with van der Waals surface area (Å²) in [5, 5.41) is 21.0. The van der Waals surface area contributed by atoms with E-state index < -0.39 is 11.5 Å². The minimum absolute atomic E-state index is 0.0653. The smallest absolute Gasteiger partial charge is 0.319 e. The lowest BCUT2D eigenvalue weighted by Crippen LogP contribution is -2.52. The van der Waals surface area contributed by atoms with Gasteiger partial charge in [0.05, 0.1) is 12.2 Å². The van der Waals surface area contributed by atoms with Crippen molar-refractivity contribution >= 4 is 5.97 Å². The fourth-order valence-electron chi connectivity index (χ4n) is 5.33. The van der Waals surface area contributed by atoms with Crippen LogP contribution in [0.1, 0.15) is 50.5 Å². The van der Waals surface area contributed by atoms with Crippen molar-refractivity contribution in [2.45, 2.75) is 80.8 Å². The summed E-state index contributed by atoms with van der Waals surface area (Å²) < 4.78 is 6.00.